The minimum absolute atomic E-state index is 0.0466. The Morgan fingerprint density at radius 1 is 1.33 bits per heavy atom. The minimum atomic E-state index is -4.16. The predicted octanol–water partition coefficient (Wildman–Crippen LogP) is 3.11. The molecule has 1 fully saturated rings. The molecule has 9 heteroatoms. The largest absolute Gasteiger partial charge is 0.401 e. The maximum absolute atomic E-state index is 12.5. The number of benzene rings is 1. The summed E-state index contributed by atoms with van der Waals surface area (Å²) >= 11 is 1.56. The Bertz CT molecular complexity index is 760. The molecule has 1 unspecified atom stereocenters. The number of halogens is 3. The van der Waals surface area contributed by atoms with E-state index in [1.54, 1.807) is 18.4 Å². The maximum Gasteiger partial charge on any atom is 0.401 e. The van der Waals surface area contributed by atoms with Crippen molar-refractivity contribution >= 4 is 17.3 Å². The van der Waals surface area contributed by atoms with E-state index in [0.29, 0.717) is 32.0 Å². The zero-order chi connectivity index (χ0) is 19.3. The van der Waals surface area contributed by atoms with Gasteiger partial charge in [-0.15, -0.1) is 11.3 Å². The quantitative estimate of drug-likeness (QED) is 0.601. The highest BCUT2D eigenvalue weighted by Gasteiger charge is 2.34. The highest BCUT2D eigenvalue weighted by molar-refractivity contribution is 7.09. The fourth-order valence-electron chi connectivity index (χ4n) is 3.03. The highest BCUT2D eigenvalue weighted by Crippen LogP contribution is 2.22. The van der Waals surface area contributed by atoms with Crippen molar-refractivity contribution in [2.75, 3.05) is 26.7 Å². The zero-order valence-corrected chi connectivity index (χ0v) is 15.8. The Labute approximate surface area is 160 Å². The van der Waals surface area contributed by atoms with E-state index in [-0.39, 0.29) is 6.04 Å². The summed E-state index contributed by atoms with van der Waals surface area (Å²) in [6, 6.07) is 9.89. The second-order valence-corrected chi connectivity index (χ2v) is 7.34. The summed E-state index contributed by atoms with van der Waals surface area (Å²) < 4.78 is 37.5. The second kappa shape index (κ2) is 8.71. The molecule has 0 aliphatic carbocycles. The molecule has 0 amide bonds. The number of hydrogen-bond acceptors (Lipinski definition) is 4. The number of nitrogens with zero attached hydrogens (tertiary/aromatic N) is 3. The number of thiazole rings is 1. The van der Waals surface area contributed by atoms with Crippen LogP contribution in [0.15, 0.2) is 40.7 Å². The SMILES string of the molecule is CN=C(NCc1nc(-c2ccccc2)cs1)NC1CCN(CC(F)(F)F)C1. The van der Waals surface area contributed by atoms with E-state index in [4.69, 9.17) is 0 Å². The third kappa shape index (κ3) is 5.93. The molecule has 2 aromatic rings. The first kappa shape index (κ1) is 19.6. The average molecular weight is 397 g/mol. The summed E-state index contributed by atoms with van der Waals surface area (Å²) in [5.74, 6) is 0.574. The third-order valence-corrected chi connectivity index (χ3v) is 5.12. The smallest absolute Gasteiger partial charge is 0.352 e. The van der Waals surface area contributed by atoms with Crippen LogP contribution in [-0.4, -0.2) is 54.7 Å². The Kier molecular flexibility index (Phi) is 6.33. The number of alkyl halides is 3. The monoisotopic (exact) mass is 397 g/mol. The lowest BCUT2D eigenvalue weighted by Crippen LogP contribution is -2.44. The number of guanidine groups is 1. The molecule has 0 saturated carbocycles. The molecule has 1 aromatic carbocycles. The summed E-state index contributed by atoms with van der Waals surface area (Å²) in [4.78, 5) is 10.2. The molecule has 1 aliphatic rings. The summed E-state index contributed by atoms with van der Waals surface area (Å²) in [6.45, 7) is 0.436. The summed E-state index contributed by atoms with van der Waals surface area (Å²) in [5, 5.41) is 9.31. The van der Waals surface area contributed by atoms with Gasteiger partial charge in [-0.25, -0.2) is 4.98 Å². The fourth-order valence-corrected chi connectivity index (χ4v) is 3.77. The first-order chi connectivity index (χ1) is 12.9. The summed E-state index contributed by atoms with van der Waals surface area (Å²) in [6.07, 6.45) is -3.50. The van der Waals surface area contributed by atoms with Crippen molar-refractivity contribution < 1.29 is 13.2 Å². The van der Waals surface area contributed by atoms with Gasteiger partial charge in [0.25, 0.3) is 0 Å². The Hall–Kier alpha value is -2.13. The van der Waals surface area contributed by atoms with Gasteiger partial charge >= 0.3 is 6.18 Å². The molecule has 27 heavy (non-hydrogen) atoms. The Morgan fingerprint density at radius 2 is 2.11 bits per heavy atom. The van der Waals surface area contributed by atoms with Crippen LogP contribution in [0.4, 0.5) is 13.2 Å². The van der Waals surface area contributed by atoms with Crippen LogP contribution in [0.3, 0.4) is 0 Å². The molecule has 1 aliphatic heterocycles. The minimum Gasteiger partial charge on any atom is -0.352 e. The van der Waals surface area contributed by atoms with Gasteiger partial charge in [0.15, 0.2) is 5.96 Å². The number of aliphatic imine (C=N–C) groups is 1. The van der Waals surface area contributed by atoms with E-state index in [1.165, 1.54) is 4.90 Å². The first-order valence-corrected chi connectivity index (χ1v) is 9.57. The average Bonchev–Trinajstić information content (AvgIpc) is 3.27. The third-order valence-electron chi connectivity index (χ3n) is 4.27. The van der Waals surface area contributed by atoms with E-state index in [9.17, 15) is 13.2 Å². The predicted molar refractivity (Wildman–Crippen MR) is 102 cm³/mol. The molecule has 1 atom stereocenters. The van der Waals surface area contributed by atoms with E-state index in [2.05, 4.69) is 20.6 Å². The van der Waals surface area contributed by atoms with Crippen LogP contribution in [0.1, 0.15) is 11.4 Å². The molecular weight excluding hydrogens is 375 g/mol. The lowest BCUT2D eigenvalue weighted by Gasteiger charge is -2.19. The molecule has 0 spiro atoms. The highest BCUT2D eigenvalue weighted by atomic mass is 32.1. The summed E-state index contributed by atoms with van der Waals surface area (Å²) in [7, 11) is 1.65. The van der Waals surface area contributed by atoms with Crippen LogP contribution in [0.2, 0.25) is 0 Å². The van der Waals surface area contributed by atoms with Crippen LogP contribution in [0.25, 0.3) is 11.3 Å². The van der Waals surface area contributed by atoms with Crippen molar-refractivity contribution in [3.63, 3.8) is 0 Å². The number of likely N-dealkylation sites (tertiary alicyclic amines) is 1. The second-order valence-electron chi connectivity index (χ2n) is 6.40. The Balaban J connectivity index is 1.48. The zero-order valence-electron chi connectivity index (χ0n) is 15.0. The van der Waals surface area contributed by atoms with Crippen LogP contribution in [0.5, 0.6) is 0 Å². The lowest BCUT2D eigenvalue weighted by atomic mass is 10.2. The number of aromatic nitrogens is 1. The molecular formula is C18H22F3N5S. The fraction of sp³-hybridized carbons (Fsp3) is 0.444. The molecule has 5 nitrogen and oxygen atoms in total. The van der Waals surface area contributed by atoms with E-state index >= 15 is 0 Å². The molecule has 2 heterocycles. The molecule has 1 aromatic heterocycles. The maximum atomic E-state index is 12.5. The van der Waals surface area contributed by atoms with Gasteiger partial charge in [-0.3, -0.25) is 9.89 Å². The number of nitrogens with one attached hydrogen (secondary N) is 2. The van der Waals surface area contributed by atoms with Gasteiger partial charge in [0.1, 0.15) is 5.01 Å². The molecule has 0 bridgehead atoms. The van der Waals surface area contributed by atoms with Crippen molar-refractivity contribution in [1.29, 1.82) is 0 Å². The van der Waals surface area contributed by atoms with Crippen molar-refractivity contribution in [2.24, 2.45) is 4.99 Å². The van der Waals surface area contributed by atoms with E-state index in [0.717, 1.165) is 16.3 Å². The molecule has 2 N–H and O–H groups in total. The van der Waals surface area contributed by atoms with Crippen LogP contribution in [-0.2, 0) is 6.54 Å². The van der Waals surface area contributed by atoms with Gasteiger partial charge < -0.3 is 10.6 Å². The van der Waals surface area contributed by atoms with Gasteiger partial charge in [-0.1, -0.05) is 30.3 Å². The Morgan fingerprint density at radius 3 is 2.81 bits per heavy atom. The van der Waals surface area contributed by atoms with Crippen molar-refractivity contribution in [3.05, 3.63) is 40.7 Å². The van der Waals surface area contributed by atoms with Crippen molar-refractivity contribution in [1.82, 2.24) is 20.5 Å². The molecule has 3 rings (SSSR count). The van der Waals surface area contributed by atoms with Crippen LogP contribution in [0, 0.1) is 0 Å². The van der Waals surface area contributed by atoms with Gasteiger partial charge in [0.05, 0.1) is 18.8 Å². The topological polar surface area (TPSA) is 52.6 Å². The van der Waals surface area contributed by atoms with Gasteiger partial charge in [-0.2, -0.15) is 13.2 Å². The normalized spacial score (nSPS) is 18.7. The molecule has 1 saturated heterocycles. The number of hydrogen-bond donors (Lipinski definition) is 2. The van der Waals surface area contributed by atoms with E-state index < -0.39 is 12.7 Å². The van der Waals surface area contributed by atoms with Crippen molar-refractivity contribution in [2.45, 2.75) is 25.2 Å². The van der Waals surface area contributed by atoms with Crippen molar-refractivity contribution in [3.8, 4) is 11.3 Å². The molecule has 146 valence electrons. The summed E-state index contributed by atoms with van der Waals surface area (Å²) in [5.41, 5.74) is 2.00. The van der Waals surface area contributed by atoms with Gasteiger partial charge in [0.2, 0.25) is 0 Å². The number of rotatable bonds is 5. The van der Waals surface area contributed by atoms with Gasteiger partial charge in [-0.05, 0) is 6.42 Å². The van der Waals surface area contributed by atoms with Crippen LogP contribution < -0.4 is 10.6 Å². The van der Waals surface area contributed by atoms with E-state index in [1.807, 2.05) is 35.7 Å². The van der Waals surface area contributed by atoms with Gasteiger partial charge in [0, 0.05) is 37.1 Å². The van der Waals surface area contributed by atoms with Crippen LogP contribution >= 0.6 is 11.3 Å². The lowest BCUT2D eigenvalue weighted by molar-refractivity contribution is -0.143. The molecule has 0 radical (unpaired) electrons. The first-order valence-electron chi connectivity index (χ1n) is 8.69. The standard InChI is InChI=1S/C18H22F3N5S/c1-22-17(24-14-7-8-26(10-14)12-18(19,20)21)23-9-16-25-15(11-27-16)13-5-3-2-4-6-13/h2-6,11,14H,7-10,12H2,1H3,(H2,22,23,24).